The van der Waals surface area contributed by atoms with Gasteiger partial charge in [-0.2, -0.15) is 0 Å². The van der Waals surface area contributed by atoms with Crippen LogP contribution in [0.4, 0.5) is 0 Å². The van der Waals surface area contributed by atoms with Crippen molar-refractivity contribution in [1.82, 2.24) is 14.7 Å². The Hall–Kier alpha value is -0.940. The molecule has 5 nitrogen and oxygen atoms in total. The zero-order chi connectivity index (χ0) is 19.8. The van der Waals surface area contributed by atoms with Crippen molar-refractivity contribution in [3.63, 3.8) is 0 Å². The highest BCUT2D eigenvalue weighted by atomic mass is 16.2. The summed E-state index contributed by atoms with van der Waals surface area (Å²) in [4.78, 5) is 31.4. The third-order valence-corrected chi connectivity index (χ3v) is 6.70. The quantitative estimate of drug-likeness (QED) is 0.737. The second-order valence-corrected chi connectivity index (χ2v) is 8.53. The lowest BCUT2D eigenvalue weighted by Gasteiger charge is -2.33. The molecule has 0 aromatic carbocycles. The van der Waals surface area contributed by atoms with Crippen LogP contribution < -0.4 is 0 Å². The lowest BCUT2D eigenvalue weighted by Crippen LogP contribution is -2.45. The molecule has 2 saturated heterocycles. The van der Waals surface area contributed by atoms with Crippen LogP contribution >= 0.6 is 0 Å². The molecular weight excluding hydrogens is 338 g/mol. The molecule has 2 heterocycles. The van der Waals surface area contributed by atoms with Crippen LogP contribution in [0.1, 0.15) is 59.3 Å². The topological polar surface area (TPSA) is 43.9 Å². The molecular formula is C22H41N3O2. The van der Waals surface area contributed by atoms with Crippen LogP contribution in [0.15, 0.2) is 0 Å². The van der Waals surface area contributed by atoms with Gasteiger partial charge >= 0.3 is 0 Å². The van der Waals surface area contributed by atoms with Crippen molar-refractivity contribution in [3.8, 4) is 0 Å². The number of likely N-dealkylation sites (N-methyl/N-ethyl adjacent to an activating group) is 1. The highest BCUT2D eigenvalue weighted by Gasteiger charge is 2.34. The Kier molecular flexibility index (Phi) is 9.24. The van der Waals surface area contributed by atoms with Crippen LogP contribution in [0.3, 0.4) is 0 Å². The van der Waals surface area contributed by atoms with E-state index in [1.54, 1.807) is 6.92 Å². The Morgan fingerprint density at radius 2 is 1.44 bits per heavy atom. The largest absolute Gasteiger partial charge is 0.342 e. The third-order valence-electron chi connectivity index (χ3n) is 6.70. The Bertz CT molecular complexity index is 466. The second kappa shape index (κ2) is 11.2. The molecule has 0 aromatic rings. The number of Topliss-reactive ketones (excluding diaryl/α,β-unsaturated/α-hetero) is 1. The Balaban J connectivity index is 0.00000126. The zero-order valence-electron chi connectivity index (χ0n) is 18.1. The number of piperazine rings is 1. The van der Waals surface area contributed by atoms with E-state index in [0.29, 0.717) is 17.6 Å². The van der Waals surface area contributed by atoms with E-state index in [2.05, 4.69) is 21.7 Å². The van der Waals surface area contributed by atoms with Gasteiger partial charge in [0.05, 0.1) is 0 Å². The van der Waals surface area contributed by atoms with Crippen molar-refractivity contribution in [2.75, 3.05) is 52.9 Å². The fourth-order valence-corrected chi connectivity index (χ4v) is 4.71. The van der Waals surface area contributed by atoms with Crippen LogP contribution in [0.5, 0.6) is 0 Å². The maximum atomic E-state index is 12.8. The molecule has 1 saturated carbocycles. The molecule has 27 heavy (non-hydrogen) atoms. The molecule has 5 heteroatoms. The maximum Gasteiger partial charge on any atom is 0.225 e. The summed E-state index contributed by atoms with van der Waals surface area (Å²) in [6.07, 6.45) is 6.03. The average molecular weight is 380 g/mol. The van der Waals surface area contributed by atoms with Crippen LogP contribution in [-0.4, -0.2) is 79.3 Å². The molecule has 0 N–H and O–H groups in total. The summed E-state index contributed by atoms with van der Waals surface area (Å²) in [5.74, 6) is 1.73. The first-order valence-electron chi connectivity index (χ1n) is 11.2. The van der Waals surface area contributed by atoms with Crippen molar-refractivity contribution in [1.29, 1.82) is 0 Å². The maximum absolute atomic E-state index is 12.8. The number of carbonyl (C=O) groups is 2. The Morgan fingerprint density at radius 1 is 0.852 bits per heavy atom. The molecule has 0 radical (unpaired) electrons. The number of hydrogen-bond acceptors (Lipinski definition) is 4. The monoisotopic (exact) mass is 379 g/mol. The average Bonchev–Trinajstić information content (AvgIpc) is 3.17. The van der Waals surface area contributed by atoms with E-state index in [0.717, 1.165) is 38.8 Å². The minimum Gasteiger partial charge on any atom is -0.342 e. The van der Waals surface area contributed by atoms with Gasteiger partial charge in [0.1, 0.15) is 5.78 Å². The van der Waals surface area contributed by atoms with Crippen molar-refractivity contribution in [2.24, 2.45) is 17.8 Å². The Labute approximate surface area is 166 Å². The number of ketones is 1. The van der Waals surface area contributed by atoms with Crippen molar-refractivity contribution in [3.05, 3.63) is 0 Å². The first kappa shape index (κ1) is 22.4. The van der Waals surface area contributed by atoms with Gasteiger partial charge in [0.25, 0.3) is 0 Å². The lowest BCUT2D eigenvalue weighted by molar-refractivity contribution is -0.137. The van der Waals surface area contributed by atoms with Crippen LogP contribution in [-0.2, 0) is 9.59 Å². The van der Waals surface area contributed by atoms with Gasteiger partial charge in [-0.3, -0.25) is 9.59 Å². The van der Waals surface area contributed by atoms with Gasteiger partial charge in [0, 0.05) is 51.1 Å². The second-order valence-electron chi connectivity index (χ2n) is 8.53. The predicted octanol–water partition coefficient (Wildman–Crippen LogP) is 2.89. The van der Waals surface area contributed by atoms with E-state index >= 15 is 0 Å². The summed E-state index contributed by atoms with van der Waals surface area (Å²) in [6.45, 7) is 13.5. The minimum absolute atomic E-state index is 0.173. The Morgan fingerprint density at radius 3 is 2.04 bits per heavy atom. The normalized spacial score (nSPS) is 29.9. The molecule has 3 rings (SSSR count). The molecule has 1 unspecified atom stereocenters. The van der Waals surface area contributed by atoms with E-state index in [9.17, 15) is 9.59 Å². The first-order valence-corrected chi connectivity index (χ1v) is 11.2. The predicted molar refractivity (Wildman–Crippen MR) is 111 cm³/mol. The van der Waals surface area contributed by atoms with Gasteiger partial charge < -0.3 is 14.7 Å². The van der Waals surface area contributed by atoms with E-state index in [-0.39, 0.29) is 11.8 Å². The smallest absolute Gasteiger partial charge is 0.225 e. The first-order chi connectivity index (χ1) is 13.0. The number of carbonyl (C=O) groups excluding carboxylic acids is 2. The third kappa shape index (κ3) is 6.56. The molecule has 3 fully saturated rings. The molecule has 0 bridgehead atoms. The summed E-state index contributed by atoms with van der Waals surface area (Å²) in [5.41, 5.74) is 0. The molecule has 156 valence electrons. The van der Waals surface area contributed by atoms with Gasteiger partial charge in [-0.15, -0.1) is 0 Å². The molecule has 1 atom stereocenters. The van der Waals surface area contributed by atoms with Gasteiger partial charge in [-0.1, -0.05) is 13.8 Å². The summed E-state index contributed by atoms with van der Waals surface area (Å²) in [7, 11) is 2.20. The number of nitrogens with zero attached hydrogens (tertiary/aromatic N) is 3. The zero-order valence-corrected chi connectivity index (χ0v) is 18.1. The summed E-state index contributed by atoms with van der Waals surface area (Å²) in [6, 6.07) is 0. The molecule has 3 aliphatic rings. The van der Waals surface area contributed by atoms with Crippen LogP contribution in [0.25, 0.3) is 0 Å². The SMILES string of the molecule is CC.CC(=O)C1CCC(C(=O)N2CCC(CCN3CCN(C)CC3)C2)CC1. The molecule has 1 amide bonds. The lowest BCUT2D eigenvalue weighted by atomic mass is 9.80. The highest BCUT2D eigenvalue weighted by Crippen LogP contribution is 2.32. The standard InChI is InChI=1S/C20H35N3O2.C2H6/c1-16(24)18-3-5-19(6-4-18)20(25)23-10-8-17(15-23)7-9-22-13-11-21(2)12-14-22;1-2/h17-19H,3-15H2,1-2H3;1-2H3. The number of amides is 1. The van der Waals surface area contributed by atoms with Crippen LogP contribution in [0.2, 0.25) is 0 Å². The molecule has 0 aromatic heterocycles. The van der Waals surface area contributed by atoms with Gasteiger partial charge in [0.2, 0.25) is 5.91 Å². The van der Waals surface area contributed by atoms with Gasteiger partial charge in [-0.05, 0) is 65.0 Å². The molecule has 1 aliphatic carbocycles. The highest BCUT2D eigenvalue weighted by molar-refractivity contribution is 5.81. The fraction of sp³-hybridized carbons (Fsp3) is 0.909. The van der Waals surface area contributed by atoms with E-state index < -0.39 is 0 Å². The van der Waals surface area contributed by atoms with Gasteiger partial charge in [0.15, 0.2) is 0 Å². The summed E-state index contributed by atoms with van der Waals surface area (Å²) >= 11 is 0. The number of hydrogen-bond donors (Lipinski definition) is 0. The van der Waals surface area contributed by atoms with E-state index in [1.165, 1.54) is 45.6 Å². The fourth-order valence-electron chi connectivity index (χ4n) is 4.71. The molecule has 0 spiro atoms. The van der Waals surface area contributed by atoms with Crippen LogP contribution in [0, 0.1) is 17.8 Å². The van der Waals surface area contributed by atoms with Crippen molar-refractivity contribution < 1.29 is 9.59 Å². The van der Waals surface area contributed by atoms with E-state index in [4.69, 9.17) is 0 Å². The van der Waals surface area contributed by atoms with Gasteiger partial charge in [-0.25, -0.2) is 0 Å². The van der Waals surface area contributed by atoms with E-state index in [1.807, 2.05) is 13.8 Å². The number of rotatable bonds is 5. The molecule has 2 aliphatic heterocycles. The number of likely N-dealkylation sites (tertiary alicyclic amines) is 1. The van der Waals surface area contributed by atoms with Crippen molar-refractivity contribution in [2.45, 2.75) is 59.3 Å². The minimum atomic E-state index is 0.173. The summed E-state index contributed by atoms with van der Waals surface area (Å²) in [5, 5.41) is 0. The van der Waals surface area contributed by atoms with Crippen molar-refractivity contribution >= 4 is 11.7 Å². The summed E-state index contributed by atoms with van der Waals surface area (Å²) < 4.78 is 0.